The number of nitrogens with zero attached hydrogens (tertiary/aromatic N) is 3. The zero-order valence-electron chi connectivity index (χ0n) is 14.7. The van der Waals surface area contributed by atoms with Gasteiger partial charge in [0.2, 0.25) is 15.4 Å². The molecule has 1 spiro atoms. The molecule has 2 aliphatic carbocycles. The van der Waals surface area contributed by atoms with E-state index in [4.69, 9.17) is 0 Å². The molecule has 26 heavy (non-hydrogen) atoms. The van der Waals surface area contributed by atoms with Gasteiger partial charge in [0, 0.05) is 9.89 Å². The molecule has 0 unspecified atom stereocenters. The van der Waals surface area contributed by atoms with Crippen molar-refractivity contribution in [2.45, 2.75) is 39.2 Å². The van der Waals surface area contributed by atoms with E-state index in [-0.39, 0.29) is 28.3 Å². The maximum Gasteiger partial charge on any atom is 0.451 e. The molecule has 6 nitrogen and oxygen atoms in total. The van der Waals surface area contributed by atoms with Gasteiger partial charge in [-0.25, -0.2) is 12.7 Å². The maximum atomic E-state index is 13.0. The third-order valence-corrected chi connectivity index (χ3v) is 9.48. The molecule has 138 valence electrons. The van der Waals surface area contributed by atoms with E-state index in [1.807, 2.05) is 0 Å². The number of aliphatic hydroxyl groups excluding tert-OH is 1. The van der Waals surface area contributed by atoms with Crippen molar-refractivity contribution < 1.29 is 13.5 Å². The number of aliphatic hydroxyl groups is 1. The Bertz CT molecular complexity index is 949. The van der Waals surface area contributed by atoms with E-state index in [0.29, 0.717) is 11.5 Å². The quantitative estimate of drug-likeness (QED) is 0.549. The summed E-state index contributed by atoms with van der Waals surface area (Å²) < 4.78 is 28.0. The van der Waals surface area contributed by atoms with Gasteiger partial charge in [-0.1, -0.05) is 29.8 Å². The third kappa shape index (κ3) is 2.13. The van der Waals surface area contributed by atoms with Crippen molar-refractivity contribution in [1.29, 1.82) is 5.39 Å². The van der Waals surface area contributed by atoms with E-state index in [0.717, 1.165) is 28.0 Å². The fraction of sp³-hybridized carbons (Fsp3) is 0.556. The van der Waals surface area contributed by atoms with Crippen molar-refractivity contribution in [3.63, 3.8) is 0 Å². The van der Waals surface area contributed by atoms with Crippen LogP contribution in [0.2, 0.25) is 0 Å². The predicted molar refractivity (Wildman–Crippen MR) is 102 cm³/mol. The molecule has 0 amide bonds. The predicted octanol–water partition coefficient (Wildman–Crippen LogP) is 4.33. The molecule has 1 aliphatic heterocycles. The zero-order valence-corrected chi connectivity index (χ0v) is 17.1. The smallest absolute Gasteiger partial charge is 0.451 e. The van der Waals surface area contributed by atoms with Gasteiger partial charge in [0.1, 0.15) is 0 Å². The second kappa shape index (κ2) is 5.46. The Hall–Kier alpha value is -1.59. The van der Waals surface area contributed by atoms with Gasteiger partial charge >= 0.3 is 11.6 Å². The summed E-state index contributed by atoms with van der Waals surface area (Å²) in [5.41, 5.74) is -0.121. The van der Waals surface area contributed by atoms with Crippen molar-refractivity contribution in [1.82, 2.24) is 4.31 Å². The maximum absolute atomic E-state index is 13.0. The monoisotopic (exact) mass is 438 g/mol. The lowest BCUT2D eigenvalue weighted by atomic mass is 9.69. The van der Waals surface area contributed by atoms with Crippen LogP contribution in [-0.2, 0) is 10.0 Å². The van der Waals surface area contributed by atoms with Crippen LogP contribution in [0.1, 0.15) is 38.7 Å². The number of benzene rings is 1. The van der Waals surface area contributed by atoms with Crippen LogP contribution >= 0.6 is 15.9 Å². The van der Waals surface area contributed by atoms with E-state index in [9.17, 15) is 18.9 Å². The third-order valence-electron chi connectivity index (χ3n) is 7.05. The van der Waals surface area contributed by atoms with Gasteiger partial charge in [0.05, 0.1) is 17.4 Å². The van der Waals surface area contributed by atoms with Crippen LogP contribution in [-0.4, -0.2) is 29.6 Å². The molecule has 1 heterocycles. The molecule has 8 heteroatoms. The topological polar surface area (TPSA) is 85.8 Å². The van der Waals surface area contributed by atoms with Crippen LogP contribution in [0.15, 0.2) is 34.6 Å². The lowest BCUT2D eigenvalue weighted by Gasteiger charge is -2.36. The van der Waals surface area contributed by atoms with E-state index >= 15 is 0 Å². The summed E-state index contributed by atoms with van der Waals surface area (Å²) in [5, 5.41) is 20.4. The number of halogens is 1. The number of diazo groups is 1. The van der Waals surface area contributed by atoms with E-state index < -0.39 is 15.9 Å². The minimum Gasteiger partial charge on any atom is -0.488 e. The largest absolute Gasteiger partial charge is 0.488 e. The average Bonchev–Trinajstić information content (AvgIpc) is 3.04. The summed E-state index contributed by atoms with van der Waals surface area (Å²) in [6, 6.07) is 6.54. The Labute approximate surface area is 161 Å². The first-order valence-electron chi connectivity index (χ1n) is 8.70. The first-order valence-corrected chi connectivity index (χ1v) is 11.1. The van der Waals surface area contributed by atoms with E-state index in [1.54, 1.807) is 24.3 Å². The summed E-state index contributed by atoms with van der Waals surface area (Å²) in [6.45, 7) is 4.30. The molecular formula is C18H21BrN3O3S+. The van der Waals surface area contributed by atoms with Crippen LogP contribution in [0.4, 0.5) is 0 Å². The van der Waals surface area contributed by atoms with Crippen LogP contribution in [0.5, 0.6) is 0 Å². The lowest BCUT2D eigenvalue weighted by molar-refractivity contribution is 0.107. The zero-order chi connectivity index (χ0) is 18.9. The van der Waals surface area contributed by atoms with Crippen molar-refractivity contribution >= 4 is 31.7 Å². The Morgan fingerprint density at radius 3 is 2.58 bits per heavy atom. The number of fused-ring (bicyclic) bond motifs is 1. The Balaban J connectivity index is 1.84. The minimum atomic E-state index is -3.69. The fourth-order valence-electron chi connectivity index (χ4n) is 5.51. The summed E-state index contributed by atoms with van der Waals surface area (Å²) in [6.07, 6.45) is 2.61. The highest BCUT2D eigenvalue weighted by atomic mass is 79.9. The van der Waals surface area contributed by atoms with Gasteiger partial charge in [-0.05, 0) is 54.9 Å². The molecular weight excluding hydrogens is 418 g/mol. The van der Waals surface area contributed by atoms with Crippen LogP contribution < -0.4 is 0 Å². The fourth-order valence-corrected chi connectivity index (χ4v) is 8.30. The van der Waals surface area contributed by atoms with Gasteiger partial charge in [0.15, 0.2) is 4.98 Å². The Morgan fingerprint density at radius 2 is 2.00 bits per heavy atom. The van der Waals surface area contributed by atoms with Crippen LogP contribution in [0.25, 0.3) is 10.7 Å². The number of sulfonamides is 1. The molecule has 0 radical (unpaired) electrons. The molecule has 3 fully saturated rings. The standard InChI is InChI=1S/C18H20BrN3O3S/c1-17(2)12-7-8-18(17)10-26(24,25)22(14(18)9-12)16(23)15(21-20)11-3-5-13(19)6-4-11/h3-6,12,14H,7-10H2,1-2H3/p+1/b16-15+/t12-,14+,18-/m1/s1. The molecule has 1 aromatic carbocycles. The number of hydrogen-bond acceptors (Lipinski definition) is 4. The highest BCUT2D eigenvalue weighted by Gasteiger charge is 2.72. The summed E-state index contributed by atoms with van der Waals surface area (Å²) in [7, 11) is -3.69. The van der Waals surface area contributed by atoms with E-state index in [2.05, 4.69) is 34.8 Å². The molecule has 0 aromatic heterocycles. The molecule has 2 bridgehead atoms. The summed E-state index contributed by atoms with van der Waals surface area (Å²) in [5.74, 6) is -0.00220. The highest BCUT2D eigenvalue weighted by Crippen LogP contribution is 2.70. The average molecular weight is 439 g/mol. The first-order chi connectivity index (χ1) is 12.1. The molecule has 1 N–H and O–H groups in total. The summed E-state index contributed by atoms with van der Waals surface area (Å²) in [4.78, 5) is 3.22. The highest BCUT2D eigenvalue weighted by molar-refractivity contribution is 9.10. The number of hydrogen-bond donors (Lipinski definition) is 1. The van der Waals surface area contributed by atoms with Crippen molar-refractivity contribution in [2.24, 2.45) is 16.7 Å². The molecule has 4 rings (SSSR count). The van der Waals surface area contributed by atoms with Gasteiger partial charge in [-0.2, -0.15) is 0 Å². The van der Waals surface area contributed by atoms with Crippen molar-refractivity contribution in [3.05, 3.63) is 45.2 Å². The van der Waals surface area contributed by atoms with Crippen LogP contribution in [0.3, 0.4) is 0 Å². The first kappa shape index (κ1) is 17.8. The Kier molecular flexibility index (Phi) is 3.74. The normalized spacial score (nSPS) is 34.3. The van der Waals surface area contributed by atoms with Crippen molar-refractivity contribution in [2.75, 3.05) is 5.75 Å². The molecule has 1 saturated heterocycles. The number of rotatable bonds is 2. The van der Waals surface area contributed by atoms with Gasteiger partial charge in [0.25, 0.3) is 0 Å². The van der Waals surface area contributed by atoms with Gasteiger partial charge in [-0.15, -0.1) is 0 Å². The van der Waals surface area contributed by atoms with Gasteiger partial charge < -0.3 is 5.11 Å². The Morgan fingerprint density at radius 1 is 1.35 bits per heavy atom. The molecule has 2 saturated carbocycles. The van der Waals surface area contributed by atoms with Gasteiger partial charge in [-0.3, -0.25) is 0 Å². The minimum absolute atomic E-state index is 0.0390. The van der Waals surface area contributed by atoms with Crippen molar-refractivity contribution in [3.8, 4) is 0 Å². The molecule has 3 aliphatic rings. The van der Waals surface area contributed by atoms with E-state index in [1.165, 1.54) is 0 Å². The second-order valence-electron chi connectivity index (χ2n) is 8.20. The SMILES string of the molecule is CC1(C)[C@@H]2CC[C@]13CS(=O)(=O)N(/C(O)=C(\[N+]#N)c1ccc(Br)cc1)[C@H]3C2. The lowest BCUT2D eigenvalue weighted by Crippen LogP contribution is -2.41. The molecule has 1 aromatic rings. The summed E-state index contributed by atoms with van der Waals surface area (Å²) >= 11 is 3.33. The second-order valence-corrected chi connectivity index (χ2v) is 11.0. The van der Waals surface area contributed by atoms with Crippen LogP contribution in [0, 0.1) is 22.1 Å². The molecule has 3 atom stereocenters.